The van der Waals surface area contributed by atoms with Crippen molar-refractivity contribution in [2.24, 2.45) is 7.05 Å². The van der Waals surface area contributed by atoms with Crippen molar-refractivity contribution in [1.29, 1.82) is 0 Å². The summed E-state index contributed by atoms with van der Waals surface area (Å²) < 4.78 is 6.21. The van der Waals surface area contributed by atoms with Crippen LogP contribution in [0.3, 0.4) is 0 Å². The van der Waals surface area contributed by atoms with Crippen LogP contribution >= 0.6 is 0 Å². The summed E-state index contributed by atoms with van der Waals surface area (Å²) in [6, 6.07) is 7.56. The maximum absolute atomic E-state index is 11.1. The summed E-state index contributed by atoms with van der Waals surface area (Å²) in [6.07, 6.45) is -1.02. The third-order valence-electron chi connectivity index (χ3n) is 2.69. The third-order valence-corrected chi connectivity index (χ3v) is 2.69. The van der Waals surface area contributed by atoms with Gasteiger partial charge >= 0.3 is 5.97 Å². The maximum Gasteiger partial charge on any atom is 0.308 e. The molecule has 2 rings (SSSR count). The van der Waals surface area contributed by atoms with Gasteiger partial charge in [-0.25, -0.2) is 0 Å². The molecule has 1 aromatic heterocycles. The molecule has 0 fully saturated rings. The Hall–Kier alpha value is -1.88. The van der Waals surface area contributed by atoms with Crippen LogP contribution < -0.4 is 0 Å². The summed E-state index contributed by atoms with van der Waals surface area (Å²) in [5.74, 6) is -0.452. The molecular weight excluding hydrogens is 220 g/mol. The van der Waals surface area contributed by atoms with Gasteiger partial charge < -0.3 is 9.84 Å². The lowest BCUT2D eigenvalue weighted by molar-refractivity contribution is -0.142. The van der Waals surface area contributed by atoms with E-state index in [-0.39, 0.29) is 6.42 Å². The molecule has 5 heteroatoms. The zero-order valence-corrected chi connectivity index (χ0v) is 9.75. The standard InChI is InChI=1S/C12H14N2O3/c1-14-9-6-4-3-5-8(9)12(13-14)10(15)7-11(16)17-2/h3-6,10,15H,7H2,1-2H3/t10-/m1/s1. The molecule has 1 aromatic carbocycles. The van der Waals surface area contributed by atoms with Crippen molar-refractivity contribution < 1.29 is 14.6 Å². The van der Waals surface area contributed by atoms with E-state index in [1.807, 2.05) is 24.3 Å². The summed E-state index contributed by atoms with van der Waals surface area (Å²) >= 11 is 0. The smallest absolute Gasteiger partial charge is 0.308 e. The van der Waals surface area contributed by atoms with Crippen molar-refractivity contribution in [3.05, 3.63) is 30.0 Å². The maximum atomic E-state index is 11.1. The van der Waals surface area contributed by atoms with Crippen LogP contribution in [0, 0.1) is 0 Å². The van der Waals surface area contributed by atoms with Crippen molar-refractivity contribution >= 4 is 16.9 Å². The monoisotopic (exact) mass is 234 g/mol. The van der Waals surface area contributed by atoms with Gasteiger partial charge in [0.15, 0.2) is 0 Å². The molecule has 2 aromatic rings. The number of nitrogens with zero attached hydrogens (tertiary/aromatic N) is 2. The number of aliphatic hydroxyl groups is 1. The van der Waals surface area contributed by atoms with Gasteiger partial charge in [-0.2, -0.15) is 5.10 Å². The number of aliphatic hydroxyl groups excluding tert-OH is 1. The number of hydrogen-bond acceptors (Lipinski definition) is 4. The van der Waals surface area contributed by atoms with E-state index in [1.54, 1.807) is 11.7 Å². The highest BCUT2D eigenvalue weighted by Crippen LogP contribution is 2.25. The van der Waals surface area contributed by atoms with E-state index in [9.17, 15) is 9.90 Å². The van der Waals surface area contributed by atoms with Crippen molar-refractivity contribution in [2.45, 2.75) is 12.5 Å². The second-order valence-electron chi connectivity index (χ2n) is 3.82. The number of benzene rings is 1. The number of methoxy groups -OCH3 is 1. The summed E-state index contributed by atoms with van der Waals surface area (Å²) in [6.45, 7) is 0. The predicted octanol–water partition coefficient (Wildman–Crippen LogP) is 1.17. The van der Waals surface area contributed by atoms with Gasteiger partial charge in [-0.05, 0) is 6.07 Å². The van der Waals surface area contributed by atoms with Gasteiger partial charge in [0.2, 0.25) is 0 Å². The Morgan fingerprint density at radius 3 is 2.94 bits per heavy atom. The highest BCUT2D eigenvalue weighted by atomic mass is 16.5. The zero-order valence-electron chi connectivity index (χ0n) is 9.75. The molecule has 5 nitrogen and oxygen atoms in total. The number of fused-ring (bicyclic) bond motifs is 1. The molecule has 90 valence electrons. The minimum atomic E-state index is -0.937. The van der Waals surface area contributed by atoms with Crippen molar-refractivity contribution in [1.82, 2.24) is 9.78 Å². The fraction of sp³-hybridized carbons (Fsp3) is 0.333. The lowest BCUT2D eigenvalue weighted by atomic mass is 10.1. The predicted molar refractivity (Wildman–Crippen MR) is 62.3 cm³/mol. The van der Waals surface area contributed by atoms with Gasteiger partial charge in [-0.1, -0.05) is 18.2 Å². The van der Waals surface area contributed by atoms with E-state index in [4.69, 9.17) is 0 Å². The van der Waals surface area contributed by atoms with Crippen molar-refractivity contribution in [2.75, 3.05) is 7.11 Å². The van der Waals surface area contributed by atoms with Crippen molar-refractivity contribution in [3.8, 4) is 0 Å². The first-order valence-electron chi connectivity index (χ1n) is 5.30. The fourth-order valence-corrected chi connectivity index (χ4v) is 1.83. The first kappa shape index (κ1) is 11.6. The molecular formula is C12H14N2O3. The normalized spacial score (nSPS) is 12.6. The average molecular weight is 234 g/mol. The second-order valence-corrected chi connectivity index (χ2v) is 3.82. The van der Waals surface area contributed by atoms with Gasteiger partial charge in [-0.3, -0.25) is 9.48 Å². The Bertz CT molecular complexity index is 548. The van der Waals surface area contributed by atoms with Crippen LogP contribution in [0.25, 0.3) is 10.9 Å². The average Bonchev–Trinajstić information content (AvgIpc) is 2.67. The molecule has 1 heterocycles. The van der Waals surface area contributed by atoms with E-state index in [0.717, 1.165) is 10.9 Å². The number of para-hydroxylation sites is 1. The minimum absolute atomic E-state index is 0.0858. The number of rotatable bonds is 3. The molecule has 17 heavy (non-hydrogen) atoms. The topological polar surface area (TPSA) is 64.3 Å². The highest BCUT2D eigenvalue weighted by Gasteiger charge is 2.19. The molecule has 0 aliphatic rings. The molecule has 0 saturated heterocycles. The van der Waals surface area contributed by atoms with Gasteiger partial charge in [0.05, 0.1) is 24.7 Å². The summed E-state index contributed by atoms with van der Waals surface area (Å²) in [7, 11) is 3.10. The Kier molecular flexibility index (Phi) is 3.10. The van der Waals surface area contributed by atoms with E-state index < -0.39 is 12.1 Å². The van der Waals surface area contributed by atoms with Crippen LogP contribution in [-0.4, -0.2) is 28.0 Å². The molecule has 0 unspecified atom stereocenters. The van der Waals surface area contributed by atoms with Crippen LogP contribution in [0.4, 0.5) is 0 Å². The molecule has 1 atom stereocenters. The summed E-state index contributed by atoms with van der Waals surface area (Å²) in [4.78, 5) is 11.1. The lowest BCUT2D eigenvalue weighted by Gasteiger charge is -2.06. The van der Waals surface area contributed by atoms with E-state index in [0.29, 0.717) is 5.69 Å². The zero-order chi connectivity index (χ0) is 12.4. The number of esters is 1. The van der Waals surface area contributed by atoms with E-state index >= 15 is 0 Å². The van der Waals surface area contributed by atoms with E-state index in [1.165, 1.54) is 7.11 Å². The first-order valence-corrected chi connectivity index (χ1v) is 5.30. The lowest BCUT2D eigenvalue weighted by Crippen LogP contribution is -2.09. The SMILES string of the molecule is COC(=O)C[C@@H](O)c1nn(C)c2ccccc12. The Morgan fingerprint density at radius 1 is 1.53 bits per heavy atom. The molecule has 0 aliphatic carbocycles. The number of ether oxygens (including phenoxy) is 1. The molecule has 0 spiro atoms. The van der Waals surface area contributed by atoms with Crippen LogP contribution in [0.15, 0.2) is 24.3 Å². The number of aromatic nitrogens is 2. The van der Waals surface area contributed by atoms with E-state index in [2.05, 4.69) is 9.84 Å². The molecule has 0 aliphatic heterocycles. The largest absolute Gasteiger partial charge is 0.469 e. The van der Waals surface area contributed by atoms with Gasteiger partial charge in [-0.15, -0.1) is 0 Å². The molecule has 0 radical (unpaired) electrons. The van der Waals surface area contributed by atoms with Crippen LogP contribution in [-0.2, 0) is 16.6 Å². The number of hydrogen-bond donors (Lipinski definition) is 1. The quantitative estimate of drug-likeness (QED) is 0.810. The van der Waals surface area contributed by atoms with Crippen LogP contribution in [0.2, 0.25) is 0 Å². The Balaban J connectivity index is 2.38. The highest BCUT2D eigenvalue weighted by molar-refractivity contribution is 5.83. The van der Waals surface area contributed by atoms with Crippen LogP contribution in [0.1, 0.15) is 18.2 Å². The fourth-order valence-electron chi connectivity index (χ4n) is 1.83. The Morgan fingerprint density at radius 2 is 2.24 bits per heavy atom. The number of aryl methyl sites for hydroxylation is 1. The summed E-state index contributed by atoms with van der Waals surface area (Å²) in [5, 5.41) is 15.0. The molecule has 0 bridgehead atoms. The van der Waals surface area contributed by atoms with Gasteiger partial charge in [0, 0.05) is 12.4 Å². The number of carbonyl (C=O) groups is 1. The van der Waals surface area contributed by atoms with Crippen molar-refractivity contribution in [3.63, 3.8) is 0 Å². The van der Waals surface area contributed by atoms with Gasteiger partial charge in [0.1, 0.15) is 6.10 Å². The number of carbonyl (C=O) groups excluding carboxylic acids is 1. The minimum Gasteiger partial charge on any atom is -0.469 e. The second kappa shape index (κ2) is 4.55. The molecule has 1 N–H and O–H groups in total. The van der Waals surface area contributed by atoms with Crippen LogP contribution in [0.5, 0.6) is 0 Å². The van der Waals surface area contributed by atoms with Gasteiger partial charge in [0.25, 0.3) is 0 Å². The Labute approximate surface area is 98.6 Å². The first-order chi connectivity index (χ1) is 8.13. The molecule has 0 saturated carbocycles. The third kappa shape index (κ3) is 2.14. The summed E-state index contributed by atoms with van der Waals surface area (Å²) in [5.41, 5.74) is 1.43. The molecule has 0 amide bonds.